The van der Waals surface area contributed by atoms with Crippen LogP contribution in [0.1, 0.15) is 44.1 Å². The Morgan fingerprint density at radius 1 is 1.10 bits per heavy atom. The maximum absolute atomic E-state index is 12.6. The fourth-order valence-electron chi connectivity index (χ4n) is 2.41. The molecule has 5 heteroatoms. The summed E-state index contributed by atoms with van der Waals surface area (Å²) < 4.78 is 37.7. The zero-order valence-electron chi connectivity index (χ0n) is 11.5. The molecule has 0 heterocycles. The minimum Gasteiger partial charge on any atom is -0.160 e. The van der Waals surface area contributed by atoms with Crippen molar-refractivity contribution in [2.45, 2.75) is 48.9 Å². The Morgan fingerprint density at radius 3 is 2.38 bits per heavy atom. The van der Waals surface area contributed by atoms with E-state index in [0.29, 0.717) is 16.5 Å². The van der Waals surface area contributed by atoms with Gasteiger partial charge in [0.1, 0.15) is 0 Å². The maximum atomic E-state index is 12.6. The molecule has 1 aromatic carbocycles. The van der Waals surface area contributed by atoms with Crippen molar-refractivity contribution in [2.24, 2.45) is 5.92 Å². The van der Waals surface area contributed by atoms with Crippen molar-refractivity contribution >= 4 is 23.4 Å². The van der Waals surface area contributed by atoms with E-state index in [1.165, 1.54) is 18.9 Å². The van der Waals surface area contributed by atoms with E-state index in [1.807, 2.05) is 0 Å². The van der Waals surface area contributed by atoms with Gasteiger partial charge in [0.25, 0.3) is 0 Å². The summed E-state index contributed by atoms with van der Waals surface area (Å²) in [5.74, 6) is 6.38. The predicted octanol–water partition coefficient (Wildman–Crippen LogP) is 6.27. The Bertz CT molecular complexity index is 535. The van der Waals surface area contributed by atoms with Crippen LogP contribution in [-0.2, 0) is 0 Å². The quantitative estimate of drug-likeness (QED) is 0.331. The summed E-state index contributed by atoms with van der Waals surface area (Å²) in [5.41, 5.74) is -3.92. The van der Waals surface area contributed by atoms with Crippen molar-refractivity contribution in [2.75, 3.05) is 0 Å². The molecule has 1 aromatic rings. The number of alkyl halides is 3. The molecule has 21 heavy (non-hydrogen) atoms. The Hall–Kier alpha value is -0.790. The SMILES string of the molecule is FC(F)(F)Sc1cc(Cl)ccc1C#CC1CCCCCC1. The Morgan fingerprint density at radius 2 is 1.76 bits per heavy atom. The second-order valence-electron chi connectivity index (χ2n) is 5.15. The van der Waals surface area contributed by atoms with E-state index >= 15 is 0 Å². The van der Waals surface area contributed by atoms with Crippen LogP contribution in [0.15, 0.2) is 23.1 Å². The van der Waals surface area contributed by atoms with E-state index < -0.39 is 5.51 Å². The van der Waals surface area contributed by atoms with Crippen molar-refractivity contribution in [1.29, 1.82) is 0 Å². The van der Waals surface area contributed by atoms with Gasteiger partial charge in [0, 0.05) is 21.4 Å². The molecule has 0 N–H and O–H groups in total. The van der Waals surface area contributed by atoms with Crippen LogP contribution in [0.5, 0.6) is 0 Å². The van der Waals surface area contributed by atoms with Gasteiger partial charge < -0.3 is 0 Å². The van der Waals surface area contributed by atoms with Gasteiger partial charge in [-0.2, -0.15) is 13.2 Å². The second-order valence-corrected chi connectivity index (χ2v) is 6.69. The monoisotopic (exact) mass is 332 g/mol. The molecule has 1 aliphatic carbocycles. The Kier molecular flexibility index (Phi) is 5.89. The lowest BCUT2D eigenvalue weighted by Gasteiger charge is -2.09. The van der Waals surface area contributed by atoms with Crippen molar-refractivity contribution in [1.82, 2.24) is 0 Å². The molecule has 0 atom stereocenters. The number of thioether (sulfide) groups is 1. The lowest BCUT2D eigenvalue weighted by atomic mass is 10.0. The third-order valence-corrected chi connectivity index (χ3v) is 4.46. The maximum Gasteiger partial charge on any atom is 0.446 e. The van der Waals surface area contributed by atoms with Gasteiger partial charge in [-0.05, 0) is 42.8 Å². The number of halogens is 4. The van der Waals surface area contributed by atoms with Gasteiger partial charge in [0.05, 0.1) is 0 Å². The van der Waals surface area contributed by atoms with Crippen LogP contribution in [0, 0.1) is 17.8 Å². The molecule has 114 valence electrons. The van der Waals surface area contributed by atoms with Gasteiger partial charge in [-0.25, -0.2) is 0 Å². The molecule has 1 aliphatic rings. The third kappa shape index (κ3) is 5.84. The summed E-state index contributed by atoms with van der Waals surface area (Å²) in [5, 5.41) is 0.293. The van der Waals surface area contributed by atoms with Gasteiger partial charge in [0.15, 0.2) is 0 Å². The normalized spacial score (nSPS) is 17.0. The van der Waals surface area contributed by atoms with Crippen LogP contribution in [0.3, 0.4) is 0 Å². The highest BCUT2D eigenvalue weighted by Crippen LogP contribution is 2.39. The summed E-state index contributed by atoms with van der Waals surface area (Å²) in [6, 6.07) is 4.48. The van der Waals surface area contributed by atoms with Crippen molar-refractivity contribution in [3.8, 4) is 11.8 Å². The lowest BCUT2D eigenvalue weighted by Crippen LogP contribution is -2.00. The first-order valence-electron chi connectivity index (χ1n) is 7.01. The van der Waals surface area contributed by atoms with E-state index in [9.17, 15) is 13.2 Å². The van der Waals surface area contributed by atoms with Gasteiger partial charge >= 0.3 is 5.51 Å². The Balaban J connectivity index is 2.19. The average Bonchev–Trinajstić information content (AvgIpc) is 2.64. The minimum absolute atomic E-state index is 0.0797. The summed E-state index contributed by atoms with van der Waals surface area (Å²) in [6.45, 7) is 0. The number of hydrogen-bond acceptors (Lipinski definition) is 1. The summed E-state index contributed by atoms with van der Waals surface area (Å²) in [6.07, 6.45) is 6.86. The van der Waals surface area contributed by atoms with Gasteiger partial charge in [0.2, 0.25) is 0 Å². The van der Waals surface area contributed by atoms with E-state index in [-0.39, 0.29) is 16.7 Å². The minimum atomic E-state index is -4.33. The molecular formula is C16H16ClF3S. The van der Waals surface area contributed by atoms with Gasteiger partial charge in [-0.3, -0.25) is 0 Å². The molecule has 2 rings (SSSR count). The first kappa shape index (κ1) is 16.6. The van der Waals surface area contributed by atoms with Crippen LogP contribution in [0.2, 0.25) is 5.02 Å². The van der Waals surface area contributed by atoms with Crippen molar-refractivity contribution < 1.29 is 13.2 Å². The summed E-state index contributed by atoms with van der Waals surface area (Å²) in [4.78, 5) is 0.0797. The molecular weight excluding hydrogens is 317 g/mol. The molecule has 0 unspecified atom stereocenters. The number of rotatable bonds is 1. The molecule has 0 amide bonds. The Labute approximate surface area is 132 Å². The fraction of sp³-hybridized carbons (Fsp3) is 0.500. The largest absolute Gasteiger partial charge is 0.446 e. The smallest absolute Gasteiger partial charge is 0.160 e. The molecule has 0 radical (unpaired) electrons. The second kappa shape index (κ2) is 7.47. The van der Waals surface area contributed by atoms with Gasteiger partial charge in [-0.15, -0.1) is 0 Å². The van der Waals surface area contributed by atoms with E-state index in [1.54, 1.807) is 12.1 Å². The molecule has 1 fully saturated rings. The summed E-state index contributed by atoms with van der Waals surface area (Å²) in [7, 11) is 0. The third-order valence-electron chi connectivity index (χ3n) is 3.44. The van der Waals surface area contributed by atoms with Crippen LogP contribution in [0.25, 0.3) is 0 Å². The first-order chi connectivity index (χ1) is 9.94. The number of benzene rings is 1. The summed E-state index contributed by atoms with van der Waals surface area (Å²) >= 11 is 5.63. The zero-order chi connectivity index (χ0) is 15.3. The van der Waals surface area contributed by atoms with E-state index in [2.05, 4.69) is 11.8 Å². The first-order valence-corrected chi connectivity index (χ1v) is 8.20. The molecule has 0 spiro atoms. The average molecular weight is 333 g/mol. The molecule has 0 saturated heterocycles. The standard InChI is InChI=1S/C16H16ClF3S/c17-14-10-9-13(15(11-14)21-16(18,19)20)8-7-12-5-3-1-2-4-6-12/h9-12H,1-6H2. The van der Waals surface area contributed by atoms with Crippen LogP contribution < -0.4 is 0 Å². The van der Waals surface area contributed by atoms with Gasteiger partial charge in [-0.1, -0.05) is 49.1 Å². The highest BCUT2D eigenvalue weighted by atomic mass is 35.5. The lowest BCUT2D eigenvalue weighted by molar-refractivity contribution is -0.0328. The molecule has 0 bridgehead atoms. The molecule has 0 aromatic heterocycles. The highest BCUT2D eigenvalue weighted by molar-refractivity contribution is 8.00. The van der Waals surface area contributed by atoms with E-state index in [4.69, 9.17) is 11.6 Å². The van der Waals surface area contributed by atoms with Crippen molar-refractivity contribution in [3.05, 3.63) is 28.8 Å². The molecule has 0 nitrogen and oxygen atoms in total. The zero-order valence-corrected chi connectivity index (χ0v) is 13.0. The van der Waals surface area contributed by atoms with Crippen LogP contribution in [0.4, 0.5) is 13.2 Å². The predicted molar refractivity (Wildman–Crippen MR) is 81.4 cm³/mol. The van der Waals surface area contributed by atoms with Crippen LogP contribution in [-0.4, -0.2) is 5.51 Å². The topological polar surface area (TPSA) is 0 Å². The number of hydrogen-bond donors (Lipinski definition) is 0. The highest BCUT2D eigenvalue weighted by Gasteiger charge is 2.30. The molecule has 0 aliphatic heterocycles. The van der Waals surface area contributed by atoms with Crippen LogP contribution >= 0.6 is 23.4 Å². The van der Waals surface area contributed by atoms with E-state index in [0.717, 1.165) is 25.7 Å². The van der Waals surface area contributed by atoms with Crippen molar-refractivity contribution in [3.63, 3.8) is 0 Å². The fourth-order valence-corrected chi connectivity index (χ4v) is 3.31. The molecule has 1 saturated carbocycles.